The van der Waals surface area contributed by atoms with Crippen LogP contribution in [0.4, 0.5) is 5.69 Å². The number of sulfonamides is 1. The Morgan fingerprint density at radius 2 is 2.03 bits per heavy atom. The number of hydrogen-bond acceptors (Lipinski definition) is 8. The fraction of sp³-hybridized carbons (Fsp3) is 0.0556. The Kier molecular flexibility index (Phi) is 6.34. The summed E-state index contributed by atoms with van der Waals surface area (Å²) < 4.78 is 33.5. The number of furan rings is 1. The Morgan fingerprint density at radius 1 is 1.30 bits per heavy atom. The molecule has 0 aliphatic carbocycles. The smallest absolute Gasteiger partial charge is 0.357 e. The number of nitrogens with zero attached hydrogens (tertiary/aromatic N) is 1. The van der Waals surface area contributed by atoms with Crippen molar-refractivity contribution < 1.29 is 17.8 Å². The SMILES string of the molecule is N=C(C=C(N)CSc1ccc(Cl)cc1NS(=O)(=O)c1cc2ccccc2o1)[N+](=O)[O-]. The zero-order chi connectivity index (χ0) is 21.9. The lowest BCUT2D eigenvalue weighted by molar-refractivity contribution is -0.349. The molecule has 0 fully saturated rings. The number of hydrogen-bond donors (Lipinski definition) is 3. The second-order valence-corrected chi connectivity index (χ2v) is 9.07. The molecular weight excluding hydrogens is 452 g/mol. The molecule has 0 spiro atoms. The number of amidine groups is 1. The minimum Gasteiger partial charge on any atom is -0.443 e. The Balaban J connectivity index is 1.84. The molecule has 4 N–H and O–H groups in total. The predicted octanol–water partition coefficient (Wildman–Crippen LogP) is 4.08. The van der Waals surface area contributed by atoms with Gasteiger partial charge in [0, 0.05) is 32.8 Å². The predicted molar refractivity (Wildman–Crippen MR) is 116 cm³/mol. The van der Waals surface area contributed by atoms with E-state index in [1.54, 1.807) is 36.4 Å². The molecule has 1 heterocycles. The lowest BCUT2D eigenvalue weighted by Gasteiger charge is -2.12. The average Bonchev–Trinajstić information content (AvgIpc) is 3.12. The summed E-state index contributed by atoms with van der Waals surface area (Å²) in [6.45, 7) is 0. The van der Waals surface area contributed by atoms with Crippen LogP contribution in [0.5, 0.6) is 0 Å². The number of benzene rings is 2. The summed E-state index contributed by atoms with van der Waals surface area (Å²) in [7, 11) is -4.04. The fourth-order valence-electron chi connectivity index (χ4n) is 2.42. The molecule has 0 aliphatic heterocycles. The van der Waals surface area contributed by atoms with Crippen LogP contribution in [-0.4, -0.2) is 24.9 Å². The van der Waals surface area contributed by atoms with Gasteiger partial charge in [-0.15, -0.1) is 11.8 Å². The van der Waals surface area contributed by atoms with Crippen molar-refractivity contribution in [3.63, 3.8) is 0 Å². The van der Waals surface area contributed by atoms with E-state index in [1.807, 2.05) is 0 Å². The van der Waals surface area contributed by atoms with Crippen molar-refractivity contribution in [3.05, 3.63) is 75.4 Å². The van der Waals surface area contributed by atoms with E-state index in [1.165, 1.54) is 12.1 Å². The van der Waals surface area contributed by atoms with Crippen molar-refractivity contribution in [2.75, 3.05) is 10.5 Å². The molecule has 30 heavy (non-hydrogen) atoms. The average molecular weight is 467 g/mol. The number of anilines is 1. The van der Waals surface area contributed by atoms with E-state index in [4.69, 9.17) is 27.2 Å². The number of halogens is 1. The Morgan fingerprint density at radius 3 is 2.73 bits per heavy atom. The Labute approximate surface area is 180 Å². The molecule has 0 bridgehead atoms. The van der Waals surface area contributed by atoms with E-state index in [0.29, 0.717) is 20.9 Å². The lowest BCUT2D eigenvalue weighted by Crippen LogP contribution is -2.13. The number of para-hydroxylation sites is 1. The second-order valence-electron chi connectivity index (χ2n) is 6.00. The van der Waals surface area contributed by atoms with Crippen molar-refractivity contribution >= 4 is 55.9 Å². The first-order valence-corrected chi connectivity index (χ1v) is 11.1. The van der Waals surface area contributed by atoms with E-state index in [2.05, 4.69) is 4.72 Å². The highest BCUT2D eigenvalue weighted by Crippen LogP contribution is 2.33. The van der Waals surface area contributed by atoms with Gasteiger partial charge in [0.25, 0.3) is 10.0 Å². The van der Waals surface area contributed by atoms with Crippen LogP contribution < -0.4 is 10.5 Å². The lowest BCUT2D eigenvalue weighted by atomic mass is 10.3. The number of nitro groups is 1. The molecule has 2 aromatic carbocycles. The normalized spacial score (nSPS) is 12.1. The van der Waals surface area contributed by atoms with E-state index >= 15 is 0 Å². The summed E-state index contributed by atoms with van der Waals surface area (Å²) in [4.78, 5) is 10.2. The molecule has 9 nitrogen and oxygen atoms in total. The minimum atomic E-state index is -4.04. The van der Waals surface area contributed by atoms with E-state index in [9.17, 15) is 18.5 Å². The largest absolute Gasteiger partial charge is 0.443 e. The maximum absolute atomic E-state index is 12.8. The van der Waals surface area contributed by atoms with Crippen molar-refractivity contribution in [1.29, 1.82) is 5.41 Å². The first-order chi connectivity index (χ1) is 14.2. The van der Waals surface area contributed by atoms with Gasteiger partial charge in [0.2, 0.25) is 5.09 Å². The molecule has 3 aromatic rings. The molecule has 0 aliphatic rings. The highest BCUT2D eigenvalue weighted by atomic mass is 35.5. The number of rotatable bonds is 7. The van der Waals surface area contributed by atoms with Crippen molar-refractivity contribution in [1.82, 2.24) is 0 Å². The van der Waals surface area contributed by atoms with E-state index < -0.39 is 20.8 Å². The van der Waals surface area contributed by atoms with Crippen LogP contribution in [0, 0.1) is 15.5 Å². The van der Waals surface area contributed by atoms with Crippen LogP contribution in [0.1, 0.15) is 0 Å². The van der Waals surface area contributed by atoms with Crippen LogP contribution >= 0.6 is 23.4 Å². The molecule has 156 valence electrons. The first-order valence-electron chi connectivity index (χ1n) is 8.28. The van der Waals surface area contributed by atoms with Crippen LogP contribution in [-0.2, 0) is 10.0 Å². The van der Waals surface area contributed by atoms with E-state index in [-0.39, 0.29) is 22.2 Å². The Hall–Kier alpha value is -3.02. The van der Waals surface area contributed by atoms with Gasteiger partial charge in [-0.05, 0) is 29.2 Å². The van der Waals surface area contributed by atoms with Gasteiger partial charge < -0.3 is 20.3 Å². The third-order valence-corrected chi connectivity index (χ3v) is 6.37. The number of nitrogens with one attached hydrogen (secondary N) is 2. The Bertz CT molecular complexity index is 1240. The monoisotopic (exact) mass is 466 g/mol. The van der Waals surface area contributed by atoms with Gasteiger partial charge in [0.15, 0.2) is 0 Å². The molecule has 0 atom stereocenters. The summed E-state index contributed by atoms with van der Waals surface area (Å²) in [6, 6.07) is 12.9. The molecule has 0 radical (unpaired) electrons. The number of thioether (sulfide) groups is 1. The van der Waals surface area contributed by atoms with Gasteiger partial charge in [0.05, 0.1) is 11.8 Å². The quantitative estimate of drug-likeness (QED) is 0.156. The second kappa shape index (κ2) is 8.78. The maximum Gasteiger partial charge on any atom is 0.357 e. The standard InChI is InChI=1S/C18H15ClN4O5S2/c19-12-5-6-16(29-10-13(20)9-17(21)23(24)25)14(8-12)22-30(26,27)18-7-11-3-1-2-4-15(11)28-18/h1-9,21-22H,10,20H2. The van der Waals surface area contributed by atoms with Gasteiger partial charge in [-0.25, -0.2) is 0 Å². The third-order valence-electron chi connectivity index (χ3n) is 3.77. The topological polar surface area (TPSA) is 152 Å². The van der Waals surface area contributed by atoms with Gasteiger partial charge in [-0.1, -0.05) is 35.2 Å². The van der Waals surface area contributed by atoms with Crippen molar-refractivity contribution in [2.24, 2.45) is 5.73 Å². The van der Waals surface area contributed by atoms with Gasteiger partial charge in [0.1, 0.15) is 5.58 Å². The highest BCUT2D eigenvalue weighted by Gasteiger charge is 2.21. The fourth-order valence-corrected chi connectivity index (χ4v) is 4.54. The first kappa shape index (κ1) is 21.7. The summed E-state index contributed by atoms with van der Waals surface area (Å²) in [5, 5.41) is 18.4. The van der Waals surface area contributed by atoms with Crippen LogP contribution in [0.25, 0.3) is 11.0 Å². The molecule has 0 unspecified atom stereocenters. The minimum absolute atomic E-state index is 0.0859. The van der Waals surface area contributed by atoms with Gasteiger partial charge in [-0.3, -0.25) is 4.72 Å². The molecular formula is C18H15ClN4O5S2. The molecule has 1 aromatic heterocycles. The maximum atomic E-state index is 12.8. The molecule has 12 heteroatoms. The zero-order valence-corrected chi connectivity index (χ0v) is 17.6. The zero-order valence-electron chi connectivity index (χ0n) is 15.2. The molecule has 3 rings (SSSR count). The van der Waals surface area contributed by atoms with Gasteiger partial charge >= 0.3 is 5.84 Å². The highest BCUT2D eigenvalue weighted by molar-refractivity contribution is 7.99. The number of nitrogens with two attached hydrogens (primary N) is 1. The molecule has 0 saturated heterocycles. The summed E-state index contributed by atoms with van der Waals surface area (Å²) in [5.41, 5.74) is 6.44. The van der Waals surface area contributed by atoms with E-state index in [0.717, 1.165) is 17.8 Å². The molecule has 0 saturated carbocycles. The summed E-state index contributed by atoms with van der Waals surface area (Å²) >= 11 is 7.15. The van der Waals surface area contributed by atoms with Crippen molar-refractivity contribution in [3.8, 4) is 0 Å². The van der Waals surface area contributed by atoms with Crippen LogP contribution in [0.3, 0.4) is 0 Å². The van der Waals surface area contributed by atoms with Crippen LogP contribution in [0.15, 0.2) is 74.7 Å². The van der Waals surface area contributed by atoms with Crippen LogP contribution in [0.2, 0.25) is 5.02 Å². The van der Waals surface area contributed by atoms with Crippen molar-refractivity contribution in [2.45, 2.75) is 9.99 Å². The number of fused-ring (bicyclic) bond motifs is 1. The summed E-state index contributed by atoms with van der Waals surface area (Å²) in [6.07, 6.45) is 0.932. The third kappa shape index (κ3) is 5.12. The van der Waals surface area contributed by atoms with Gasteiger partial charge in [-0.2, -0.15) is 8.42 Å². The summed E-state index contributed by atoms with van der Waals surface area (Å²) in [5.74, 6) is -0.743. The molecule has 0 amide bonds.